The van der Waals surface area contributed by atoms with Crippen LogP contribution >= 0.6 is 0 Å². The predicted octanol–water partition coefficient (Wildman–Crippen LogP) is 7.14. The lowest BCUT2D eigenvalue weighted by atomic mass is 10.0. The summed E-state index contributed by atoms with van der Waals surface area (Å²) >= 11 is 0. The van der Waals surface area contributed by atoms with Crippen LogP contribution in [0.3, 0.4) is 0 Å². The molecule has 0 aromatic heterocycles. The standard InChI is InChI=1S/C23H24F8O6S2Si/c1-12(2)40(13(3)4,14(5)6)8-7-17-20-15(10-18(24)21(17)25)9-16(36-38(32,33)22(26,27)28)11-19(20)37-39(34,35)23(29,30)31/h9-14H,1-6H3. The van der Waals surface area contributed by atoms with Gasteiger partial charge in [-0.05, 0) is 34.1 Å². The molecule has 0 atom stereocenters. The number of benzene rings is 2. The third-order valence-corrected chi connectivity index (χ3v) is 14.5. The normalized spacial score (nSPS) is 13.6. The minimum Gasteiger partial charge on any atom is -0.376 e. The van der Waals surface area contributed by atoms with Gasteiger partial charge in [-0.3, -0.25) is 0 Å². The summed E-state index contributed by atoms with van der Waals surface area (Å²) in [5, 5.41) is -1.62. The molecule has 2 rings (SSSR count). The van der Waals surface area contributed by atoms with Gasteiger partial charge >= 0.3 is 31.3 Å². The second kappa shape index (κ2) is 11.0. The third-order valence-electron chi connectivity index (χ3n) is 6.31. The molecule has 0 aliphatic carbocycles. The highest BCUT2D eigenvalue weighted by molar-refractivity contribution is 7.88. The Hall–Kier alpha value is -2.58. The van der Waals surface area contributed by atoms with E-state index >= 15 is 4.39 Å². The maximum Gasteiger partial charge on any atom is 0.534 e. The Morgan fingerprint density at radius 1 is 0.750 bits per heavy atom. The van der Waals surface area contributed by atoms with Crippen LogP contribution in [0.4, 0.5) is 35.1 Å². The maximum atomic E-state index is 15.1. The van der Waals surface area contributed by atoms with E-state index in [4.69, 9.17) is 0 Å². The monoisotopic (exact) mass is 640 g/mol. The summed E-state index contributed by atoms with van der Waals surface area (Å²) in [5.74, 6) is -3.81. The van der Waals surface area contributed by atoms with Gasteiger partial charge in [0.25, 0.3) is 0 Å². The summed E-state index contributed by atoms with van der Waals surface area (Å²) in [4.78, 5) is 0. The number of alkyl halides is 6. The summed E-state index contributed by atoms with van der Waals surface area (Å²) < 4.78 is 162. The van der Waals surface area contributed by atoms with E-state index in [2.05, 4.69) is 19.8 Å². The van der Waals surface area contributed by atoms with Crippen LogP contribution in [0.25, 0.3) is 10.8 Å². The van der Waals surface area contributed by atoms with Crippen molar-refractivity contribution in [1.82, 2.24) is 0 Å². The number of fused-ring (bicyclic) bond motifs is 1. The molecule has 6 nitrogen and oxygen atoms in total. The topological polar surface area (TPSA) is 86.7 Å². The van der Waals surface area contributed by atoms with Crippen molar-refractivity contribution in [3.8, 4) is 23.0 Å². The Kier molecular flexibility index (Phi) is 9.25. The van der Waals surface area contributed by atoms with E-state index in [-0.39, 0.29) is 28.8 Å². The molecule has 0 aliphatic heterocycles. The van der Waals surface area contributed by atoms with Gasteiger partial charge < -0.3 is 8.37 Å². The molecular formula is C23H24F8O6S2Si. The summed E-state index contributed by atoms with van der Waals surface area (Å²) in [6.45, 7) is 11.1. The van der Waals surface area contributed by atoms with Gasteiger partial charge in [0.1, 0.15) is 13.8 Å². The quantitative estimate of drug-likeness (QED) is 0.105. The van der Waals surface area contributed by atoms with Crippen molar-refractivity contribution < 1.29 is 60.3 Å². The average molecular weight is 641 g/mol. The molecule has 2 aromatic rings. The lowest BCUT2D eigenvalue weighted by Gasteiger charge is -2.38. The van der Waals surface area contributed by atoms with E-state index < -0.39 is 78.8 Å². The first-order valence-electron chi connectivity index (χ1n) is 11.4. The van der Waals surface area contributed by atoms with Gasteiger partial charge in [0.2, 0.25) is 0 Å². The molecule has 0 amide bonds. The van der Waals surface area contributed by atoms with Gasteiger partial charge in [0.15, 0.2) is 17.4 Å². The van der Waals surface area contributed by atoms with Gasteiger partial charge in [-0.2, -0.15) is 43.2 Å². The van der Waals surface area contributed by atoms with Crippen LogP contribution in [0.1, 0.15) is 47.1 Å². The first-order chi connectivity index (χ1) is 17.9. The molecule has 17 heteroatoms. The molecular weight excluding hydrogens is 616 g/mol. The highest BCUT2D eigenvalue weighted by Gasteiger charge is 2.50. The molecule has 40 heavy (non-hydrogen) atoms. The van der Waals surface area contributed by atoms with Crippen LogP contribution < -0.4 is 8.37 Å². The Morgan fingerprint density at radius 2 is 1.20 bits per heavy atom. The fourth-order valence-corrected chi connectivity index (χ4v) is 10.7. The van der Waals surface area contributed by atoms with Gasteiger partial charge in [-0.25, -0.2) is 8.78 Å². The summed E-state index contributed by atoms with van der Waals surface area (Å²) in [6.07, 6.45) is 0. The Balaban J connectivity index is 3.08. The smallest absolute Gasteiger partial charge is 0.376 e. The zero-order valence-corrected chi connectivity index (χ0v) is 24.4. The van der Waals surface area contributed by atoms with Gasteiger partial charge in [-0.1, -0.05) is 47.5 Å². The third kappa shape index (κ3) is 6.33. The van der Waals surface area contributed by atoms with Crippen molar-refractivity contribution >= 4 is 39.1 Å². The molecule has 0 radical (unpaired) electrons. The van der Waals surface area contributed by atoms with Crippen molar-refractivity contribution in [2.75, 3.05) is 0 Å². The molecule has 0 spiro atoms. The second-order valence-corrected chi connectivity index (χ2v) is 18.3. The zero-order valence-electron chi connectivity index (χ0n) is 21.8. The van der Waals surface area contributed by atoms with Crippen molar-refractivity contribution in [2.24, 2.45) is 0 Å². The molecule has 2 aromatic carbocycles. The van der Waals surface area contributed by atoms with Crippen LogP contribution in [0.2, 0.25) is 16.6 Å². The second-order valence-electron chi connectivity index (χ2n) is 9.68. The number of hydrogen-bond donors (Lipinski definition) is 0. The number of rotatable bonds is 7. The van der Waals surface area contributed by atoms with E-state index in [0.29, 0.717) is 6.07 Å². The molecule has 0 unspecified atom stereocenters. The lowest BCUT2D eigenvalue weighted by molar-refractivity contribution is -0.0502. The molecule has 0 aliphatic rings. The molecule has 0 fully saturated rings. The SMILES string of the molecule is CC(C)[Si](C#Cc1c(F)c(F)cc2cc(OS(=O)(=O)C(F)(F)F)cc(OS(=O)(=O)C(F)(F)F)c12)(C(C)C)C(C)C. The van der Waals surface area contributed by atoms with E-state index in [1.807, 2.05) is 41.5 Å². The molecule has 224 valence electrons. The average Bonchev–Trinajstić information content (AvgIpc) is 2.73. The van der Waals surface area contributed by atoms with Crippen LogP contribution in [0.5, 0.6) is 11.5 Å². The van der Waals surface area contributed by atoms with Gasteiger partial charge in [0, 0.05) is 11.5 Å². The summed E-state index contributed by atoms with van der Waals surface area (Å²) in [5.41, 5.74) is -10.2. The van der Waals surface area contributed by atoms with E-state index in [1.54, 1.807) is 0 Å². The Labute approximate surface area is 226 Å². The minimum absolute atomic E-state index is 0.0585. The highest BCUT2D eigenvalue weighted by Crippen LogP contribution is 2.42. The maximum absolute atomic E-state index is 15.1. The molecule has 0 saturated carbocycles. The van der Waals surface area contributed by atoms with Crippen LogP contribution in [0.15, 0.2) is 18.2 Å². The lowest BCUT2D eigenvalue weighted by Crippen LogP contribution is -2.43. The fraction of sp³-hybridized carbons (Fsp3) is 0.478. The largest absolute Gasteiger partial charge is 0.534 e. The van der Waals surface area contributed by atoms with Gasteiger partial charge in [0.05, 0.1) is 5.56 Å². The Bertz CT molecular complexity index is 1550. The minimum atomic E-state index is -6.54. The van der Waals surface area contributed by atoms with Crippen LogP contribution in [0, 0.1) is 23.1 Å². The van der Waals surface area contributed by atoms with Crippen molar-refractivity contribution in [3.63, 3.8) is 0 Å². The molecule has 0 bridgehead atoms. The van der Waals surface area contributed by atoms with Crippen LogP contribution in [-0.2, 0) is 20.2 Å². The zero-order chi connectivity index (χ0) is 31.2. The number of hydrogen-bond acceptors (Lipinski definition) is 6. The van der Waals surface area contributed by atoms with Crippen molar-refractivity contribution in [2.45, 2.75) is 69.2 Å². The summed E-state index contributed by atoms with van der Waals surface area (Å²) in [6, 6.07) is 0.779. The predicted molar refractivity (Wildman–Crippen MR) is 133 cm³/mol. The first-order valence-corrected chi connectivity index (χ1v) is 16.4. The summed E-state index contributed by atoms with van der Waals surface area (Å²) in [7, 11) is -15.7. The van der Waals surface area contributed by atoms with Gasteiger partial charge in [-0.15, -0.1) is 5.54 Å². The highest BCUT2D eigenvalue weighted by atomic mass is 32.2. The molecule has 0 N–H and O–H groups in total. The Morgan fingerprint density at radius 3 is 1.62 bits per heavy atom. The van der Waals surface area contributed by atoms with Crippen molar-refractivity contribution in [3.05, 3.63) is 35.4 Å². The van der Waals surface area contributed by atoms with Crippen molar-refractivity contribution in [1.29, 1.82) is 0 Å². The fourth-order valence-electron chi connectivity index (χ4n) is 4.60. The van der Waals surface area contributed by atoms with E-state index in [0.717, 1.165) is 0 Å². The first kappa shape index (κ1) is 33.6. The van der Waals surface area contributed by atoms with E-state index in [1.165, 1.54) is 0 Å². The van der Waals surface area contributed by atoms with E-state index in [9.17, 15) is 47.6 Å². The number of halogens is 8. The molecule has 0 saturated heterocycles. The van der Waals surface area contributed by atoms with Crippen LogP contribution in [-0.4, -0.2) is 35.9 Å². The molecule has 0 heterocycles.